The zero-order chi connectivity index (χ0) is 26.6. The molecule has 0 saturated heterocycles. The molecule has 0 aromatic carbocycles. The fourth-order valence-electron chi connectivity index (χ4n) is 3.06. The smallest absolute Gasteiger partial charge is 0.326 e. The number of amides is 5. The van der Waals surface area contributed by atoms with E-state index < -0.39 is 72.0 Å². The van der Waals surface area contributed by atoms with Gasteiger partial charge in [-0.1, -0.05) is 34.1 Å². The van der Waals surface area contributed by atoms with Crippen LogP contribution in [0.5, 0.6) is 0 Å². The summed E-state index contributed by atoms with van der Waals surface area (Å²) in [7, 11) is 0. The quantitative estimate of drug-likeness (QED) is 0.129. The molecular formula is C21H38N6O7. The molecule has 10 N–H and O–H groups in total. The Hall–Kier alpha value is -3.22. The summed E-state index contributed by atoms with van der Waals surface area (Å²) >= 11 is 0. The molecule has 0 aliphatic carbocycles. The number of carboxylic acids is 1. The van der Waals surface area contributed by atoms with Crippen molar-refractivity contribution in [3.05, 3.63) is 0 Å². The number of carboxylic acid groups (broad SMARTS) is 1. The van der Waals surface area contributed by atoms with E-state index in [0.29, 0.717) is 6.42 Å². The highest BCUT2D eigenvalue weighted by Gasteiger charge is 2.32. The lowest BCUT2D eigenvalue weighted by Crippen LogP contribution is -2.58. The molecule has 13 nitrogen and oxygen atoms in total. The average molecular weight is 487 g/mol. The molecule has 0 saturated carbocycles. The van der Waals surface area contributed by atoms with Crippen LogP contribution in [0.25, 0.3) is 0 Å². The van der Waals surface area contributed by atoms with E-state index in [1.54, 1.807) is 27.7 Å². The van der Waals surface area contributed by atoms with Crippen LogP contribution >= 0.6 is 0 Å². The van der Waals surface area contributed by atoms with Gasteiger partial charge < -0.3 is 38.3 Å². The molecule has 194 valence electrons. The normalized spacial score (nSPS) is 15.4. The average Bonchev–Trinajstić information content (AvgIpc) is 2.72. The number of primary amides is 2. The first-order valence-electron chi connectivity index (χ1n) is 11.2. The predicted molar refractivity (Wildman–Crippen MR) is 123 cm³/mol. The molecule has 5 unspecified atom stereocenters. The number of carbonyl (C=O) groups is 6. The van der Waals surface area contributed by atoms with Crippen LogP contribution < -0.4 is 33.2 Å². The maximum Gasteiger partial charge on any atom is 0.326 e. The molecular weight excluding hydrogens is 448 g/mol. The van der Waals surface area contributed by atoms with Gasteiger partial charge >= 0.3 is 5.97 Å². The van der Waals surface area contributed by atoms with Crippen LogP contribution in [0.2, 0.25) is 0 Å². The summed E-state index contributed by atoms with van der Waals surface area (Å²) < 4.78 is 0. The van der Waals surface area contributed by atoms with E-state index in [1.807, 2.05) is 0 Å². The van der Waals surface area contributed by atoms with Gasteiger partial charge in [-0.15, -0.1) is 0 Å². The Kier molecular flexibility index (Phi) is 13.4. The monoisotopic (exact) mass is 486 g/mol. The SMILES string of the molecule is CCC(C)C(NC(=O)C(CCC(N)=O)NC(=O)C(CC(C)C)NC(=O)C(N)CC(N)=O)C(=O)O. The Morgan fingerprint density at radius 1 is 0.824 bits per heavy atom. The zero-order valence-corrected chi connectivity index (χ0v) is 20.1. The first-order valence-corrected chi connectivity index (χ1v) is 11.2. The summed E-state index contributed by atoms with van der Waals surface area (Å²) in [5.41, 5.74) is 15.9. The fourth-order valence-corrected chi connectivity index (χ4v) is 3.06. The van der Waals surface area contributed by atoms with Crippen LogP contribution in [-0.2, 0) is 28.8 Å². The van der Waals surface area contributed by atoms with Crippen LogP contribution in [0.3, 0.4) is 0 Å². The van der Waals surface area contributed by atoms with Gasteiger partial charge in [0.25, 0.3) is 0 Å². The van der Waals surface area contributed by atoms with Crippen LogP contribution in [0.4, 0.5) is 0 Å². The first-order chi connectivity index (χ1) is 15.7. The Bertz CT molecular complexity index is 758. The zero-order valence-electron chi connectivity index (χ0n) is 20.1. The Morgan fingerprint density at radius 3 is 1.79 bits per heavy atom. The predicted octanol–water partition coefficient (Wildman–Crippen LogP) is -1.91. The Morgan fingerprint density at radius 2 is 1.35 bits per heavy atom. The van der Waals surface area contributed by atoms with E-state index in [0.717, 1.165) is 0 Å². The second kappa shape index (κ2) is 14.8. The van der Waals surface area contributed by atoms with Crippen molar-refractivity contribution < 1.29 is 33.9 Å². The summed E-state index contributed by atoms with van der Waals surface area (Å²) in [4.78, 5) is 71.9. The van der Waals surface area contributed by atoms with E-state index in [2.05, 4.69) is 16.0 Å². The van der Waals surface area contributed by atoms with E-state index in [4.69, 9.17) is 17.2 Å². The highest BCUT2D eigenvalue weighted by Crippen LogP contribution is 2.10. The maximum absolute atomic E-state index is 13.0. The molecule has 34 heavy (non-hydrogen) atoms. The minimum atomic E-state index is -1.28. The summed E-state index contributed by atoms with van der Waals surface area (Å²) in [6, 6.07) is -4.86. The van der Waals surface area contributed by atoms with Crippen molar-refractivity contribution in [3.63, 3.8) is 0 Å². The fraction of sp³-hybridized carbons (Fsp3) is 0.714. The van der Waals surface area contributed by atoms with Crippen LogP contribution in [-0.4, -0.2) is 64.8 Å². The van der Waals surface area contributed by atoms with E-state index in [1.165, 1.54) is 0 Å². The lowest BCUT2D eigenvalue weighted by atomic mass is 9.98. The van der Waals surface area contributed by atoms with Crippen molar-refractivity contribution in [3.8, 4) is 0 Å². The van der Waals surface area contributed by atoms with E-state index >= 15 is 0 Å². The van der Waals surface area contributed by atoms with Gasteiger partial charge in [0.1, 0.15) is 18.1 Å². The van der Waals surface area contributed by atoms with Gasteiger partial charge in [-0.05, 0) is 24.7 Å². The molecule has 13 heteroatoms. The molecule has 0 aliphatic rings. The van der Waals surface area contributed by atoms with Crippen molar-refractivity contribution in [2.75, 3.05) is 0 Å². The van der Waals surface area contributed by atoms with Crippen molar-refractivity contribution in [1.29, 1.82) is 0 Å². The van der Waals surface area contributed by atoms with Gasteiger partial charge in [-0.3, -0.25) is 24.0 Å². The van der Waals surface area contributed by atoms with Gasteiger partial charge in [0, 0.05) is 6.42 Å². The van der Waals surface area contributed by atoms with E-state index in [-0.39, 0.29) is 25.2 Å². The number of aliphatic carboxylic acids is 1. The molecule has 0 aromatic rings. The number of hydrogen-bond donors (Lipinski definition) is 7. The number of hydrogen-bond acceptors (Lipinski definition) is 7. The standard InChI is InChI=1S/C21H38N6O7/c1-5-11(4)17(21(33)34)27-19(31)13(6-7-15(23)28)25-20(32)14(8-10(2)3)26-18(30)12(22)9-16(24)29/h10-14,17H,5-9,22H2,1-4H3,(H2,23,28)(H2,24,29)(H,25,32)(H,26,30)(H,27,31)(H,33,34). The minimum absolute atomic E-state index is 0.0527. The summed E-state index contributed by atoms with van der Waals surface area (Å²) in [6.07, 6.45) is -0.190. The largest absolute Gasteiger partial charge is 0.480 e. The third-order valence-electron chi connectivity index (χ3n) is 5.19. The lowest BCUT2D eigenvalue weighted by molar-refractivity contribution is -0.144. The second-order valence-corrected chi connectivity index (χ2v) is 8.74. The van der Waals surface area contributed by atoms with Crippen LogP contribution in [0, 0.1) is 11.8 Å². The van der Waals surface area contributed by atoms with Crippen molar-refractivity contribution in [1.82, 2.24) is 16.0 Å². The first kappa shape index (κ1) is 30.8. The van der Waals surface area contributed by atoms with Crippen molar-refractivity contribution in [2.45, 2.75) is 84.0 Å². The molecule has 0 fully saturated rings. The molecule has 0 spiro atoms. The van der Waals surface area contributed by atoms with E-state index in [9.17, 15) is 33.9 Å². The highest BCUT2D eigenvalue weighted by atomic mass is 16.4. The second-order valence-electron chi connectivity index (χ2n) is 8.74. The molecule has 0 radical (unpaired) electrons. The molecule has 0 heterocycles. The van der Waals surface area contributed by atoms with Gasteiger partial charge in [-0.25, -0.2) is 4.79 Å². The third kappa shape index (κ3) is 11.6. The molecule has 5 atom stereocenters. The van der Waals surface area contributed by atoms with Crippen molar-refractivity contribution >= 4 is 35.5 Å². The van der Waals surface area contributed by atoms with Crippen molar-refractivity contribution in [2.24, 2.45) is 29.0 Å². The molecule has 0 rings (SSSR count). The molecule has 0 bridgehead atoms. The van der Waals surface area contributed by atoms with Gasteiger partial charge in [0.2, 0.25) is 29.5 Å². The van der Waals surface area contributed by atoms with Gasteiger partial charge in [-0.2, -0.15) is 0 Å². The minimum Gasteiger partial charge on any atom is -0.480 e. The lowest BCUT2D eigenvalue weighted by Gasteiger charge is -2.27. The number of nitrogens with one attached hydrogen (secondary N) is 3. The Labute approximate surface area is 198 Å². The highest BCUT2D eigenvalue weighted by molar-refractivity contribution is 5.95. The molecule has 0 aliphatic heterocycles. The third-order valence-corrected chi connectivity index (χ3v) is 5.19. The summed E-state index contributed by atoms with van der Waals surface area (Å²) in [5, 5.41) is 16.7. The number of carbonyl (C=O) groups excluding carboxylic acids is 5. The molecule has 5 amide bonds. The molecule has 0 aromatic heterocycles. The van der Waals surface area contributed by atoms with Crippen LogP contribution in [0.15, 0.2) is 0 Å². The van der Waals surface area contributed by atoms with Crippen LogP contribution in [0.1, 0.15) is 59.8 Å². The Balaban J connectivity index is 5.63. The summed E-state index contributed by atoms with van der Waals surface area (Å²) in [6.45, 7) is 7.02. The van der Waals surface area contributed by atoms with Gasteiger partial charge in [0.15, 0.2) is 0 Å². The maximum atomic E-state index is 13.0. The van der Waals surface area contributed by atoms with Gasteiger partial charge in [0.05, 0.1) is 12.5 Å². The topological polar surface area (TPSA) is 237 Å². The summed E-state index contributed by atoms with van der Waals surface area (Å²) in [5.74, 6) is -5.51. The number of rotatable bonds is 16. The number of nitrogens with two attached hydrogens (primary N) is 3.